The lowest BCUT2D eigenvalue weighted by Crippen LogP contribution is -2.09. The summed E-state index contributed by atoms with van der Waals surface area (Å²) in [5.41, 5.74) is 1.29. The van der Waals surface area contributed by atoms with Crippen LogP contribution in [0.4, 0.5) is 4.39 Å². The van der Waals surface area contributed by atoms with Crippen molar-refractivity contribution in [1.82, 2.24) is 20.1 Å². The number of nitrogens with one attached hydrogen (secondary N) is 1. The average molecular weight is 388 g/mol. The van der Waals surface area contributed by atoms with E-state index in [0.717, 1.165) is 11.1 Å². The van der Waals surface area contributed by atoms with E-state index < -0.39 is 0 Å². The van der Waals surface area contributed by atoms with Crippen LogP contribution in [0.1, 0.15) is 23.9 Å². The molecule has 26 heavy (non-hydrogen) atoms. The van der Waals surface area contributed by atoms with Gasteiger partial charge in [0.2, 0.25) is 5.89 Å². The summed E-state index contributed by atoms with van der Waals surface area (Å²) in [6, 6.07) is 6.05. The Morgan fingerprint density at radius 2 is 2.04 bits per heavy atom. The molecular formula is C17H13FN4O2S2. The number of aromatic nitrogens is 4. The standard InChI is InChI=1S/C17H13FN4O2S2/c1-8(15-19-9(2)22-24-15)26-17-20-14(23)13-12(7-25-16(13)21-17)10-3-5-11(18)6-4-10/h3-8H,1-2H3,(H,20,21,23). The van der Waals surface area contributed by atoms with Gasteiger partial charge >= 0.3 is 0 Å². The molecule has 132 valence electrons. The molecule has 0 aliphatic carbocycles. The molecule has 0 radical (unpaired) electrons. The highest BCUT2D eigenvalue weighted by Crippen LogP contribution is 2.35. The smallest absolute Gasteiger partial charge is 0.260 e. The van der Waals surface area contributed by atoms with Crippen LogP contribution in [0, 0.1) is 12.7 Å². The van der Waals surface area contributed by atoms with Gasteiger partial charge in [-0.3, -0.25) is 4.79 Å². The number of rotatable bonds is 4. The fraction of sp³-hybridized carbons (Fsp3) is 0.176. The second-order valence-corrected chi connectivity index (χ2v) is 7.84. The lowest BCUT2D eigenvalue weighted by Gasteiger charge is -2.05. The normalized spacial score (nSPS) is 12.6. The second-order valence-electron chi connectivity index (χ2n) is 5.65. The van der Waals surface area contributed by atoms with E-state index in [0.29, 0.717) is 27.1 Å². The van der Waals surface area contributed by atoms with Crippen LogP contribution in [0.3, 0.4) is 0 Å². The first-order chi connectivity index (χ1) is 12.5. The molecule has 1 atom stereocenters. The van der Waals surface area contributed by atoms with E-state index >= 15 is 0 Å². The first-order valence-electron chi connectivity index (χ1n) is 7.75. The maximum absolute atomic E-state index is 13.1. The number of fused-ring (bicyclic) bond motifs is 1. The minimum absolute atomic E-state index is 0.145. The molecule has 1 N–H and O–H groups in total. The Balaban J connectivity index is 1.69. The van der Waals surface area contributed by atoms with E-state index in [2.05, 4.69) is 20.1 Å². The van der Waals surface area contributed by atoms with Crippen molar-refractivity contribution in [2.75, 3.05) is 0 Å². The van der Waals surface area contributed by atoms with Gasteiger partial charge in [-0.2, -0.15) is 4.98 Å². The third kappa shape index (κ3) is 3.15. The van der Waals surface area contributed by atoms with Gasteiger partial charge in [-0.15, -0.1) is 11.3 Å². The zero-order valence-electron chi connectivity index (χ0n) is 13.8. The Morgan fingerprint density at radius 3 is 2.73 bits per heavy atom. The van der Waals surface area contributed by atoms with Gasteiger partial charge in [0.25, 0.3) is 5.56 Å². The second kappa shape index (κ2) is 6.65. The van der Waals surface area contributed by atoms with E-state index in [-0.39, 0.29) is 16.6 Å². The topological polar surface area (TPSA) is 84.7 Å². The zero-order valence-corrected chi connectivity index (χ0v) is 15.4. The molecule has 0 bridgehead atoms. The van der Waals surface area contributed by atoms with Crippen LogP contribution in [-0.4, -0.2) is 20.1 Å². The fourth-order valence-corrected chi connectivity index (χ4v) is 4.36. The van der Waals surface area contributed by atoms with E-state index in [1.807, 2.05) is 12.3 Å². The van der Waals surface area contributed by atoms with Gasteiger partial charge in [-0.05, 0) is 31.5 Å². The first kappa shape index (κ1) is 16.9. The number of hydrogen-bond donors (Lipinski definition) is 1. The molecule has 9 heteroatoms. The third-order valence-electron chi connectivity index (χ3n) is 3.76. The molecule has 1 unspecified atom stereocenters. The highest BCUT2D eigenvalue weighted by molar-refractivity contribution is 7.99. The number of halogens is 1. The number of thioether (sulfide) groups is 1. The molecule has 4 aromatic rings. The Hall–Kier alpha value is -2.52. The Morgan fingerprint density at radius 1 is 1.27 bits per heavy atom. The number of thiophene rings is 1. The van der Waals surface area contributed by atoms with Gasteiger partial charge in [-0.1, -0.05) is 29.1 Å². The Kier molecular flexibility index (Phi) is 4.33. The summed E-state index contributed by atoms with van der Waals surface area (Å²) in [7, 11) is 0. The van der Waals surface area contributed by atoms with Gasteiger partial charge in [0, 0.05) is 10.9 Å². The van der Waals surface area contributed by atoms with Crippen LogP contribution < -0.4 is 5.56 Å². The van der Waals surface area contributed by atoms with Gasteiger partial charge in [-0.25, -0.2) is 9.37 Å². The molecule has 3 heterocycles. The lowest BCUT2D eigenvalue weighted by atomic mass is 10.1. The fourth-order valence-electron chi connectivity index (χ4n) is 2.52. The summed E-state index contributed by atoms with van der Waals surface area (Å²) in [5.74, 6) is 0.726. The zero-order chi connectivity index (χ0) is 18.3. The van der Waals surface area contributed by atoms with Crippen LogP contribution in [-0.2, 0) is 0 Å². The van der Waals surface area contributed by atoms with Gasteiger partial charge < -0.3 is 9.51 Å². The van der Waals surface area contributed by atoms with Crippen molar-refractivity contribution in [3.05, 3.63) is 57.5 Å². The van der Waals surface area contributed by atoms with Crippen molar-refractivity contribution in [2.45, 2.75) is 24.3 Å². The highest BCUT2D eigenvalue weighted by Gasteiger charge is 2.18. The maximum atomic E-state index is 13.1. The molecule has 0 amide bonds. The Bertz CT molecular complexity index is 1130. The molecule has 0 fully saturated rings. The molecule has 0 saturated heterocycles. The molecule has 0 aliphatic heterocycles. The van der Waals surface area contributed by atoms with Crippen LogP contribution in [0.5, 0.6) is 0 Å². The maximum Gasteiger partial charge on any atom is 0.260 e. The van der Waals surface area contributed by atoms with E-state index in [1.54, 1.807) is 19.1 Å². The molecule has 1 aromatic carbocycles. The lowest BCUT2D eigenvalue weighted by molar-refractivity contribution is 0.376. The molecule has 3 aromatic heterocycles. The van der Waals surface area contributed by atoms with Crippen molar-refractivity contribution in [3.8, 4) is 11.1 Å². The largest absolute Gasteiger partial charge is 0.338 e. The number of nitrogens with zero attached hydrogens (tertiary/aromatic N) is 3. The first-order valence-corrected chi connectivity index (χ1v) is 9.51. The molecular weight excluding hydrogens is 375 g/mol. The highest BCUT2D eigenvalue weighted by atomic mass is 32.2. The molecule has 0 aliphatic rings. The SMILES string of the molecule is Cc1noc(C(C)Sc2nc3scc(-c4ccc(F)cc4)c3c(=O)[nH]2)n1. The van der Waals surface area contributed by atoms with Crippen molar-refractivity contribution >= 4 is 33.3 Å². The molecule has 0 spiro atoms. The summed E-state index contributed by atoms with van der Waals surface area (Å²) in [6.07, 6.45) is 0. The van der Waals surface area contributed by atoms with Crippen molar-refractivity contribution in [1.29, 1.82) is 0 Å². The van der Waals surface area contributed by atoms with Crippen LogP contribution >= 0.6 is 23.1 Å². The number of hydrogen-bond acceptors (Lipinski definition) is 7. The minimum atomic E-state index is -0.316. The summed E-state index contributed by atoms with van der Waals surface area (Å²) in [5, 5.41) is 6.48. The predicted molar refractivity (Wildman–Crippen MR) is 98.9 cm³/mol. The van der Waals surface area contributed by atoms with E-state index in [9.17, 15) is 9.18 Å². The van der Waals surface area contributed by atoms with Crippen LogP contribution in [0.25, 0.3) is 21.3 Å². The number of aryl methyl sites for hydroxylation is 1. The number of benzene rings is 1. The van der Waals surface area contributed by atoms with Gasteiger partial charge in [0.1, 0.15) is 10.6 Å². The van der Waals surface area contributed by atoms with Crippen molar-refractivity contribution in [2.24, 2.45) is 0 Å². The summed E-state index contributed by atoms with van der Waals surface area (Å²) < 4.78 is 18.3. The third-order valence-corrected chi connectivity index (χ3v) is 5.60. The summed E-state index contributed by atoms with van der Waals surface area (Å²) in [6.45, 7) is 3.65. The van der Waals surface area contributed by atoms with Gasteiger partial charge in [0.05, 0.1) is 10.6 Å². The molecule has 6 nitrogen and oxygen atoms in total. The van der Waals surface area contributed by atoms with Crippen molar-refractivity contribution < 1.29 is 8.91 Å². The minimum Gasteiger partial charge on any atom is -0.338 e. The van der Waals surface area contributed by atoms with Crippen LogP contribution in [0.2, 0.25) is 0 Å². The monoisotopic (exact) mass is 388 g/mol. The number of aromatic amines is 1. The summed E-state index contributed by atoms with van der Waals surface area (Å²) >= 11 is 2.72. The van der Waals surface area contributed by atoms with Gasteiger partial charge in [0.15, 0.2) is 11.0 Å². The average Bonchev–Trinajstić information content (AvgIpc) is 3.22. The van der Waals surface area contributed by atoms with Crippen LogP contribution in [0.15, 0.2) is 44.1 Å². The van der Waals surface area contributed by atoms with Crippen molar-refractivity contribution in [3.63, 3.8) is 0 Å². The number of H-pyrrole nitrogens is 1. The summed E-state index contributed by atoms with van der Waals surface area (Å²) in [4.78, 5) is 24.8. The Labute approximate surface area is 155 Å². The van der Waals surface area contributed by atoms with E-state index in [1.165, 1.54) is 35.2 Å². The quantitative estimate of drug-likeness (QED) is 0.414. The van der Waals surface area contributed by atoms with E-state index in [4.69, 9.17) is 4.52 Å². The predicted octanol–water partition coefficient (Wildman–Crippen LogP) is 4.34. The molecule has 0 saturated carbocycles. The molecule has 4 rings (SSSR count).